The first-order chi connectivity index (χ1) is 10.7. The van der Waals surface area contributed by atoms with Gasteiger partial charge in [-0.25, -0.2) is 0 Å². The minimum atomic E-state index is -0.272. The van der Waals surface area contributed by atoms with Gasteiger partial charge in [-0.2, -0.15) is 0 Å². The Kier molecular flexibility index (Phi) is 6.11. The van der Waals surface area contributed by atoms with E-state index in [4.69, 9.17) is 21.1 Å². The predicted octanol–water partition coefficient (Wildman–Crippen LogP) is 3.03. The number of halogens is 1. The molecular formula is C14H16ClN3O3S. The molecule has 0 radical (unpaired) electrons. The molecule has 0 unspecified atom stereocenters. The van der Waals surface area contributed by atoms with E-state index in [-0.39, 0.29) is 5.91 Å². The van der Waals surface area contributed by atoms with Crippen LogP contribution in [0.3, 0.4) is 0 Å². The third-order valence-electron chi connectivity index (χ3n) is 2.85. The summed E-state index contributed by atoms with van der Waals surface area (Å²) in [6.07, 6.45) is 0.645. The third kappa shape index (κ3) is 3.94. The van der Waals surface area contributed by atoms with Gasteiger partial charge in [0.2, 0.25) is 0 Å². The summed E-state index contributed by atoms with van der Waals surface area (Å²) in [7, 11) is 1.59. The van der Waals surface area contributed by atoms with E-state index in [9.17, 15) is 4.79 Å². The van der Waals surface area contributed by atoms with E-state index >= 15 is 0 Å². The van der Waals surface area contributed by atoms with Crippen molar-refractivity contribution in [1.29, 1.82) is 0 Å². The van der Waals surface area contributed by atoms with Gasteiger partial charge >= 0.3 is 0 Å². The maximum atomic E-state index is 12.3. The first-order valence-corrected chi connectivity index (χ1v) is 7.85. The molecule has 2 aromatic rings. The standard InChI is InChI=1S/C14H16ClN3O3S/c1-3-10-13(22-18-17-10)14(19)16-11-6-4-5-9(15)12(11)21-8-7-20-2/h4-6H,3,7-8H2,1-2H3,(H,16,19). The zero-order valence-corrected chi connectivity index (χ0v) is 13.8. The molecule has 0 saturated carbocycles. The van der Waals surface area contributed by atoms with Crippen LogP contribution in [0.5, 0.6) is 5.75 Å². The number of methoxy groups -OCH3 is 1. The average Bonchev–Trinajstić information content (AvgIpc) is 2.98. The van der Waals surface area contributed by atoms with Gasteiger partial charge in [0.25, 0.3) is 5.91 Å². The van der Waals surface area contributed by atoms with Crippen LogP contribution in [0.25, 0.3) is 0 Å². The molecule has 0 fully saturated rings. The summed E-state index contributed by atoms with van der Waals surface area (Å²) in [5.41, 5.74) is 1.18. The molecule has 1 aromatic heterocycles. The highest BCUT2D eigenvalue weighted by atomic mass is 35.5. The molecule has 1 N–H and O–H groups in total. The first-order valence-electron chi connectivity index (χ1n) is 6.70. The van der Waals surface area contributed by atoms with Crippen molar-refractivity contribution in [3.05, 3.63) is 33.8 Å². The number of nitrogens with one attached hydrogen (secondary N) is 1. The second kappa shape index (κ2) is 8.07. The number of aryl methyl sites for hydroxylation is 1. The van der Waals surface area contributed by atoms with E-state index in [1.54, 1.807) is 25.3 Å². The second-order valence-electron chi connectivity index (χ2n) is 4.31. The number of para-hydroxylation sites is 1. The smallest absolute Gasteiger partial charge is 0.269 e. The molecule has 0 spiro atoms. The van der Waals surface area contributed by atoms with E-state index in [2.05, 4.69) is 14.9 Å². The van der Waals surface area contributed by atoms with Gasteiger partial charge in [0.05, 0.1) is 23.0 Å². The molecule has 0 saturated heterocycles. The van der Waals surface area contributed by atoms with Crippen LogP contribution < -0.4 is 10.1 Å². The van der Waals surface area contributed by atoms with E-state index in [0.717, 1.165) is 11.5 Å². The van der Waals surface area contributed by atoms with Crippen LogP contribution in [0.15, 0.2) is 18.2 Å². The van der Waals surface area contributed by atoms with Crippen molar-refractivity contribution < 1.29 is 14.3 Å². The highest BCUT2D eigenvalue weighted by Crippen LogP contribution is 2.33. The number of carbonyl (C=O) groups is 1. The molecule has 22 heavy (non-hydrogen) atoms. The lowest BCUT2D eigenvalue weighted by atomic mass is 10.2. The van der Waals surface area contributed by atoms with Crippen LogP contribution in [0.4, 0.5) is 5.69 Å². The first kappa shape index (κ1) is 16.7. The van der Waals surface area contributed by atoms with E-state index in [1.165, 1.54) is 0 Å². The van der Waals surface area contributed by atoms with Crippen LogP contribution >= 0.6 is 23.1 Å². The lowest BCUT2D eigenvalue weighted by Crippen LogP contribution is -2.14. The van der Waals surface area contributed by atoms with Crippen LogP contribution in [-0.2, 0) is 11.2 Å². The van der Waals surface area contributed by atoms with E-state index in [0.29, 0.717) is 46.7 Å². The lowest BCUT2D eigenvalue weighted by molar-refractivity contribution is 0.102. The zero-order valence-electron chi connectivity index (χ0n) is 12.3. The topological polar surface area (TPSA) is 73.3 Å². The number of carbonyl (C=O) groups excluding carboxylic acids is 1. The van der Waals surface area contributed by atoms with E-state index < -0.39 is 0 Å². The van der Waals surface area contributed by atoms with Crippen molar-refractivity contribution in [3.63, 3.8) is 0 Å². The Labute approximate surface area is 137 Å². The Bertz CT molecular complexity index is 648. The predicted molar refractivity (Wildman–Crippen MR) is 86.1 cm³/mol. The summed E-state index contributed by atoms with van der Waals surface area (Å²) >= 11 is 7.20. The molecular weight excluding hydrogens is 326 g/mol. The lowest BCUT2D eigenvalue weighted by Gasteiger charge is -2.13. The van der Waals surface area contributed by atoms with Gasteiger partial charge < -0.3 is 14.8 Å². The van der Waals surface area contributed by atoms with Crippen LogP contribution in [0, 0.1) is 0 Å². The molecule has 0 atom stereocenters. The van der Waals surface area contributed by atoms with Crippen molar-refractivity contribution in [2.24, 2.45) is 0 Å². The van der Waals surface area contributed by atoms with Crippen molar-refractivity contribution in [2.75, 3.05) is 25.6 Å². The monoisotopic (exact) mass is 341 g/mol. The summed E-state index contributed by atoms with van der Waals surface area (Å²) in [6, 6.07) is 5.17. The molecule has 2 rings (SSSR count). The number of rotatable bonds is 7. The number of anilines is 1. The summed E-state index contributed by atoms with van der Waals surface area (Å²) in [5, 5.41) is 7.15. The van der Waals surface area contributed by atoms with E-state index in [1.807, 2.05) is 6.92 Å². The second-order valence-corrected chi connectivity index (χ2v) is 5.48. The summed E-state index contributed by atoms with van der Waals surface area (Å²) in [6.45, 7) is 2.69. The number of benzene rings is 1. The molecule has 0 aliphatic rings. The van der Waals surface area contributed by atoms with Gasteiger partial charge in [-0.15, -0.1) is 5.10 Å². The molecule has 1 heterocycles. The van der Waals surface area contributed by atoms with Crippen LogP contribution in [-0.4, -0.2) is 35.8 Å². The normalized spacial score (nSPS) is 10.5. The van der Waals surface area contributed by atoms with Gasteiger partial charge in [-0.3, -0.25) is 4.79 Å². The Morgan fingerprint density at radius 3 is 2.95 bits per heavy atom. The molecule has 8 heteroatoms. The molecule has 0 bridgehead atoms. The van der Waals surface area contributed by atoms with Crippen molar-refractivity contribution in [2.45, 2.75) is 13.3 Å². The van der Waals surface area contributed by atoms with Crippen molar-refractivity contribution >= 4 is 34.7 Å². The molecule has 0 aliphatic carbocycles. The Hall–Kier alpha value is -1.70. The van der Waals surface area contributed by atoms with Gasteiger partial charge in [-0.1, -0.05) is 29.1 Å². The maximum Gasteiger partial charge on any atom is 0.269 e. The Balaban J connectivity index is 2.18. The van der Waals surface area contributed by atoms with Gasteiger partial charge in [0, 0.05) is 7.11 Å². The summed E-state index contributed by atoms with van der Waals surface area (Å²) in [5.74, 6) is 0.149. The van der Waals surface area contributed by atoms with Crippen molar-refractivity contribution in [1.82, 2.24) is 9.59 Å². The summed E-state index contributed by atoms with van der Waals surface area (Å²) < 4.78 is 14.3. The molecule has 118 valence electrons. The van der Waals surface area contributed by atoms with Gasteiger partial charge in [0.15, 0.2) is 5.75 Å². The zero-order chi connectivity index (χ0) is 15.9. The highest BCUT2D eigenvalue weighted by Gasteiger charge is 2.18. The van der Waals surface area contributed by atoms with Gasteiger partial charge in [-0.05, 0) is 30.1 Å². The number of hydrogen-bond donors (Lipinski definition) is 1. The SMILES string of the molecule is CCc1nnsc1C(=O)Nc1cccc(Cl)c1OCCOC. The van der Waals surface area contributed by atoms with Crippen LogP contribution in [0.2, 0.25) is 5.02 Å². The number of nitrogens with zero attached hydrogens (tertiary/aromatic N) is 2. The molecule has 1 aromatic carbocycles. The average molecular weight is 342 g/mol. The minimum absolute atomic E-state index is 0.272. The Morgan fingerprint density at radius 2 is 2.23 bits per heavy atom. The quantitative estimate of drug-likeness (QED) is 0.783. The molecule has 1 amide bonds. The molecule has 0 aliphatic heterocycles. The maximum absolute atomic E-state index is 12.3. The Morgan fingerprint density at radius 1 is 1.41 bits per heavy atom. The number of aromatic nitrogens is 2. The van der Waals surface area contributed by atoms with Gasteiger partial charge in [0.1, 0.15) is 11.5 Å². The summed E-state index contributed by atoms with van der Waals surface area (Å²) in [4.78, 5) is 12.8. The van der Waals surface area contributed by atoms with Crippen LogP contribution in [0.1, 0.15) is 22.3 Å². The number of amides is 1. The number of hydrogen-bond acceptors (Lipinski definition) is 6. The fourth-order valence-corrected chi connectivity index (χ4v) is 2.65. The minimum Gasteiger partial charge on any atom is -0.487 e. The molecule has 6 nitrogen and oxygen atoms in total. The highest BCUT2D eigenvalue weighted by molar-refractivity contribution is 7.08. The fourth-order valence-electron chi connectivity index (χ4n) is 1.77. The third-order valence-corrected chi connectivity index (χ3v) is 3.91. The number of ether oxygens (including phenoxy) is 2. The van der Waals surface area contributed by atoms with Crippen molar-refractivity contribution in [3.8, 4) is 5.75 Å². The fraction of sp³-hybridized carbons (Fsp3) is 0.357. The largest absolute Gasteiger partial charge is 0.487 e.